The normalized spacial score (nSPS) is 16.2. The summed E-state index contributed by atoms with van der Waals surface area (Å²) in [4.78, 5) is 7.02. The molecule has 1 saturated heterocycles. The van der Waals surface area contributed by atoms with Crippen molar-refractivity contribution in [2.75, 3.05) is 32.9 Å². The maximum absolute atomic E-state index is 12.4. The number of guanidine groups is 1. The second kappa shape index (κ2) is 11.5. The molecule has 2 aromatic rings. The van der Waals surface area contributed by atoms with Crippen molar-refractivity contribution in [1.82, 2.24) is 15.5 Å². The molecule has 6 heteroatoms. The molecule has 0 amide bonds. The van der Waals surface area contributed by atoms with E-state index in [2.05, 4.69) is 50.9 Å². The first-order valence-corrected chi connectivity index (χ1v) is 10.2. The average molecular weight is 387 g/mol. The molecule has 1 aromatic heterocycles. The van der Waals surface area contributed by atoms with Gasteiger partial charge in [0.25, 0.3) is 0 Å². The van der Waals surface area contributed by atoms with E-state index in [0.717, 1.165) is 57.2 Å². The molecule has 1 fully saturated rings. The molecule has 152 valence electrons. The molecule has 2 heterocycles. The summed E-state index contributed by atoms with van der Waals surface area (Å²) in [5, 5.41) is 6.90. The van der Waals surface area contributed by atoms with Crippen molar-refractivity contribution in [3.05, 3.63) is 60.1 Å². The molecule has 0 saturated carbocycles. The summed E-state index contributed by atoms with van der Waals surface area (Å²) in [6, 6.07) is 14.9. The molecule has 2 N–H and O–H groups in total. The molecular formula is C22H31FN4O. The summed E-state index contributed by atoms with van der Waals surface area (Å²) in [6.07, 6.45) is 5.10. The van der Waals surface area contributed by atoms with Crippen LogP contribution >= 0.6 is 0 Å². The van der Waals surface area contributed by atoms with Crippen molar-refractivity contribution in [3.63, 3.8) is 0 Å². The monoisotopic (exact) mass is 386 g/mol. The van der Waals surface area contributed by atoms with E-state index in [1.54, 1.807) is 6.26 Å². The van der Waals surface area contributed by atoms with Crippen LogP contribution in [0.1, 0.15) is 30.6 Å². The molecule has 0 radical (unpaired) electrons. The largest absolute Gasteiger partial charge is 0.469 e. The third kappa shape index (κ3) is 7.00. The number of alkyl halides is 1. The minimum Gasteiger partial charge on any atom is -0.469 e. The zero-order valence-corrected chi connectivity index (χ0v) is 16.4. The Morgan fingerprint density at radius 2 is 1.96 bits per heavy atom. The van der Waals surface area contributed by atoms with Crippen LogP contribution in [0.25, 0.3) is 0 Å². The van der Waals surface area contributed by atoms with Crippen LogP contribution in [0.2, 0.25) is 0 Å². The van der Waals surface area contributed by atoms with Gasteiger partial charge < -0.3 is 15.1 Å². The zero-order chi connectivity index (χ0) is 19.4. The van der Waals surface area contributed by atoms with Crippen LogP contribution in [-0.4, -0.2) is 49.8 Å². The lowest BCUT2D eigenvalue weighted by atomic mass is 10.0. The van der Waals surface area contributed by atoms with Crippen LogP contribution in [0.15, 0.2) is 58.1 Å². The van der Waals surface area contributed by atoms with Gasteiger partial charge in [0.2, 0.25) is 0 Å². The Morgan fingerprint density at radius 3 is 2.68 bits per heavy atom. The van der Waals surface area contributed by atoms with Crippen molar-refractivity contribution in [3.8, 4) is 0 Å². The van der Waals surface area contributed by atoms with Crippen LogP contribution in [0.4, 0.5) is 4.39 Å². The fourth-order valence-corrected chi connectivity index (χ4v) is 3.43. The standard InChI is InChI=1S/C22H31FN4O/c23-12-5-13-24-22(25-14-9-21-8-4-17-28-21)26-20-10-15-27(16-11-20)18-19-6-2-1-3-7-19/h1-4,6-8,17,20H,5,9-16,18H2,(H2,24,25,26). The zero-order valence-electron chi connectivity index (χ0n) is 16.4. The number of nitrogens with zero attached hydrogens (tertiary/aromatic N) is 2. The van der Waals surface area contributed by atoms with E-state index in [4.69, 9.17) is 4.42 Å². The minimum atomic E-state index is -0.332. The van der Waals surface area contributed by atoms with Crippen molar-refractivity contribution >= 4 is 5.96 Å². The van der Waals surface area contributed by atoms with Gasteiger partial charge in [-0.05, 0) is 37.0 Å². The summed E-state index contributed by atoms with van der Waals surface area (Å²) < 4.78 is 17.8. The van der Waals surface area contributed by atoms with E-state index in [-0.39, 0.29) is 6.67 Å². The van der Waals surface area contributed by atoms with E-state index in [0.29, 0.717) is 19.0 Å². The van der Waals surface area contributed by atoms with Crippen LogP contribution in [-0.2, 0) is 13.0 Å². The number of piperidine rings is 1. The molecular weight excluding hydrogens is 355 g/mol. The fraction of sp³-hybridized carbons (Fsp3) is 0.500. The number of furan rings is 1. The Morgan fingerprint density at radius 1 is 1.14 bits per heavy atom. The molecule has 0 spiro atoms. The van der Waals surface area contributed by atoms with Gasteiger partial charge in [0, 0.05) is 45.2 Å². The van der Waals surface area contributed by atoms with E-state index in [1.807, 2.05) is 12.1 Å². The molecule has 0 aliphatic carbocycles. The molecule has 5 nitrogen and oxygen atoms in total. The smallest absolute Gasteiger partial charge is 0.191 e. The van der Waals surface area contributed by atoms with E-state index < -0.39 is 0 Å². The van der Waals surface area contributed by atoms with E-state index in [9.17, 15) is 4.39 Å². The van der Waals surface area contributed by atoms with Crippen molar-refractivity contribution in [2.24, 2.45) is 4.99 Å². The van der Waals surface area contributed by atoms with E-state index in [1.165, 1.54) is 5.56 Å². The number of nitrogens with one attached hydrogen (secondary N) is 2. The topological polar surface area (TPSA) is 52.8 Å². The van der Waals surface area contributed by atoms with Gasteiger partial charge in [-0.3, -0.25) is 14.3 Å². The first kappa shape index (κ1) is 20.4. The summed E-state index contributed by atoms with van der Waals surface area (Å²) >= 11 is 0. The van der Waals surface area contributed by atoms with Gasteiger partial charge in [-0.1, -0.05) is 30.3 Å². The van der Waals surface area contributed by atoms with Crippen molar-refractivity contribution < 1.29 is 8.81 Å². The molecule has 28 heavy (non-hydrogen) atoms. The number of benzene rings is 1. The maximum atomic E-state index is 12.4. The number of likely N-dealkylation sites (tertiary alicyclic amines) is 1. The Balaban J connectivity index is 1.43. The predicted octanol–water partition coefficient (Wildman–Crippen LogP) is 3.38. The predicted molar refractivity (Wildman–Crippen MR) is 111 cm³/mol. The van der Waals surface area contributed by atoms with Gasteiger partial charge in [-0.25, -0.2) is 0 Å². The van der Waals surface area contributed by atoms with Gasteiger partial charge >= 0.3 is 0 Å². The number of hydrogen-bond donors (Lipinski definition) is 2. The summed E-state index contributed by atoms with van der Waals surface area (Å²) in [5.41, 5.74) is 1.36. The Kier molecular flexibility index (Phi) is 8.37. The number of halogens is 1. The summed E-state index contributed by atoms with van der Waals surface area (Å²) in [6.45, 7) is 4.04. The SMILES string of the molecule is FCCCN=C(NCCc1ccco1)NC1CCN(Cc2ccccc2)CC1. The lowest BCUT2D eigenvalue weighted by Crippen LogP contribution is -2.49. The minimum absolute atomic E-state index is 0.332. The van der Waals surface area contributed by atoms with Gasteiger partial charge in [0.05, 0.1) is 12.9 Å². The van der Waals surface area contributed by atoms with Gasteiger partial charge in [0.1, 0.15) is 5.76 Å². The molecule has 1 aliphatic rings. The van der Waals surface area contributed by atoms with Gasteiger partial charge in [0.15, 0.2) is 5.96 Å². The molecule has 1 aromatic carbocycles. The fourth-order valence-electron chi connectivity index (χ4n) is 3.43. The number of hydrogen-bond acceptors (Lipinski definition) is 3. The average Bonchev–Trinajstić information content (AvgIpc) is 3.24. The molecule has 0 unspecified atom stereocenters. The number of aliphatic imine (C=N–C) groups is 1. The second-order valence-electron chi connectivity index (χ2n) is 7.21. The van der Waals surface area contributed by atoms with Crippen LogP contribution in [0, 0.1) is 0 Å². The Hall–Kier alpha value is -2.34. The summed E-state index contributed by atoms with van der Waals surface area (Å²) in [7, 11) is 0. The van der Waals surface area contributed by atoms with Crippen LogP contribution < -0.4 is 10.6 Å². The highest BCUT2D eigenvalue weighted by Crippen LogP contribution is 2.13. The van der Waals surface area contributed by atoms with Gasteiger partial charge in [-0.15, -0.1) is 0 Å². The highest BCUT2D eigenvalue weighted by atomic mass is 19.1. The molecule has 1 aliphatic heterocycles. The molecule has 3 rings (SSSR count). The highest BCUT2D eigenvalue weighted by molar-refractivity contribution is 5.80. The Labute approximate surface area is 167 Å². The lowest BCUT2D eigenvalue weighted by Gasteiger charge is -2.33. The van der Waals surface area contributed by atoms with Gasteiger partial charge in [-0.2, -0.15) is 0 Å². The molecule has 0 bridgehead atoms. The maximum Gasteiger partial charge on any atom is 0.191 e. The van der Waals surface area contributed by atoms with Crippen molar-refractivity contribution in [1.29, 1.82) is 0 Å². The lowest BCUT2D eigenvalue weighted by molar-refractivity contribution is 0.198. The van der Waals surface area contributed by atoms with Crippen LogP contribution in [0.5, 0.6) is 0 Å². The summed E-state index contributed by atoms with van der Waals surface area (Å²) in [5.74, 6) is 1.73. The Bertz CT molecular complexity index is 682. The second-order valence-corrected chi connectivity index (χ2v) is 7.21. The highest BCUT2D eigenvalue weighted by Gasteiger charge is 2.20. The van der Waals surface area contributed by atoms with E-state index >= 15 is 0 Å². The van der Waals surface area contributed by atoms with Crippen LogP contribution in [0.3, 0.4) is 0 Å². The van der Waals surface area contributed by atoms with Crippen molar-refractivity contribution in [2.45, 2.75) is 38.3 Å². The third-order valence-corrected chi connectivity index (χ3v) is 4.98. The third-order valence-electron chi connectivity index (χ3n) is 4.98. The number of rotatable bonds is 9. The first-order valence-electron chi connectivity index (χ1n) is 10.2. The molecule has 0 atom stereocenters. The quantitative estimate of drug-likeness (QED) is 0.394. The first-order chi connectivity index (χ1) is 13.8.